The van der Waals surface area contributed by atoms with E-state index in [0.29, 0.717) is 4.34 Å². The maximum Gasteiger partial charge on any atom is 0.418 e. The van der Waals surface area contributed by atoms with Crippen molar-refractivity contribution in [3.05, 3.63) is 86.8 Å². The molecule has 2 heterocycles. The molecule has 0 fully saturated rings. The van der Waals surface area contributed by atoms with Crippen LogP contribution in [0.25, 0.3) is 11.3 Å². The number of carbonyl (C=O) groups is 1. The number of nitrogens with one attached hydrogen (secondary N) is 1. The molecule has 0 saturated heterocycles. The summed E-state index contributed by atoms with van der Waals surface area (Å²) in [6, 6.07) is 14.2. The number of thiophene rings is 1. The standard InChI is InChI=1S/C24H18ClF4N3O3S/c1-35-17-5-3-2-4-16(17)23(34)32-22(30-12-15-10-11-18(25)36-15)19(26)20(31-32)13-6-8-14(9-7-13)21(33)24(27,28)29/h2-11,21,30,33H,12H2,1H3. The van der Waals surface area contributed by atoms with Gasteiger partial charge in [0.1, 0.15) is 11.4 Å². The van der Waals surface area contributed by atoms with E-state index in [0.717, 1.165) is 21.7 Å². The number of methoxy groups -OCH3 is 1. The molecule has 4 aromatic rings. The molecule has 0 bridgehead atoms. The van der Waals surface area contributed by atoms with Gasteiger partial charge in [0.25, 0.3) is 5.91 Å². The minimum Gasteiger partial charge on any atom is -0.496 e. The molecular formula is C24H18ClF4N3O3S. The number of anilines is 1. The summed E-state index contributed by atoms with van der Waals surface area (Å²) in [5, 5.41) is 16.5. The molecule has 2 N–H and O–H groups in total. The molecule has 12 heteroatoms. The van der Waals surface area contributed by atoms with Crippen molar-refractivity contribution in [1.82, 2.24) is 9.78 Å². The van der Waals surface area contributed by atoms with Crippen LogP contribution < -0.4 is 10.1 Å². The summed E-state index contributed by atoms with van der Waals surface area (Å²) in [6.45, 7) is 0.134. The maximum atomic E-state index is 15.6. The Hall–Kier alpha value is -3.41. The second-order valence-electron chi connectivity index (χ2n) is 7.55. The van der Waals surface area contributed by atoms with Gasteiger partial charge in [0, 0.05) is 10.4 Å². The molecule has 0 spiro atoms. The Morgan fingerprint density at radius 3 is 2.47 bits per heavy atom. The lowest BCUT2D eigenvalue weighted by Gasteiger charge is -2.14. The van der Waals surface area contributed by atoms with Gasteiger partial charge < -0.3 is 15.2 Å². The third kappa shape index (κ3) is 5.23. The number of benzene rings is 2. The van der Waals surface area contributed by atoms with Gasteiger partial charge in [0.15, 0.2) is 17.7 Å². The molecule has 0 aliphatic carbocycles. The topological polar surface area (TPSA) is 76.4 Å². The zero-order chi connectivity index (χ0) is 26.0. The first-order valence-electron chi connectivity index (χ1n) is 10.4. The number of aliphatic hydroxyl groups is 1. The zero-order valence-corrected chi connectivity index (χ0v) is 20.1. The Kier molecular flexibility index (Phi) is 7.34. The number of aromatic nitrogens is 2. The summed E-state index contributed by atoms with van der Waals surface area (Å²) in [6.07, 6.45) is -7.53. The van der Waals surface area contributed by atoms with Crippen molar-refractivity contribution in [2.75, 3.05) is 12.4 Å². The van der Waals surface area contributed by atoms with Gasteiger partial charge in [-0.3, -0.25) is 4.79 Å². The van der Waals surface area contributed by atoms with Gasteiger partial charge in [-0.1, -0.05) is 48.0 Å². The fourth-order valence-corrected chi connectivity index (χ4v) is 4.48. The van der Waals surface area contributed by atoms with Gasteiger partial charge >= 0.3 is 6.18 Å². The van der Waals surface area contributed by atoms with E-state index in [2.05, 4.69) is 10.4 Å². The van der Waals surface area contributed by atoms with E-state index in [-0.39, 0.29) is 34.9 Å². The van der Waals surface area contributed by atoms with E-state index in [4.69, 9.17) is 16.3 Å². The van der Waals surface area contributed by atoms with Crippen LogP contribution in [0.1, 0.15) is 26.9 Å². The summed E-state index contributed by atoms with van der Waals surface area (Å²) in [7, 11) is 1.39. The van der Waals surface area contributed by atoms with Crippen LogP contribution in [0.15, 0.2) is 60.7 Å². The summed E-state index contributed by atoms with van der Waals surface area (Å²) in [5.41, 5.74) is -0.443. The second-order valence-corrected chi connectivity index (χ2v) is 9.35. The number of para-hydroxylation sites is 1. The third-order valence-corrected chi connectivity index (χ3v) is 6.46. The summed E-state index contributed by atoms with van der Waals surface area (Å²) in [5.74, 6) is -1.57. The number of hydrogen-bond acceptors (Lipinski definition) is 6. The molecule has 2 aromatic carbocycles. The van der Waals surface area contributed by atoms with Gasteiger partial charge in [-0.05, 0) is 29.8 Å². The number of ether oxygens (including phenoxy) is 1. The van der Waals surface area contributed by atoms with Crippen LogP contribution in [0, 0.1) is 5.82 Å². The molecule has 0 aliphatic heterocycles. The fraction of sp³-hybridized carbons (Fsp3) is 0.167. The van der Waals surface area contributed by atoms with Crippen LogP contribution in [0.3, 0.4) is 0 Å². The van der Waals surface area contributed by atoms with Crippen LogP contribution >= 0.6 is 22.9 Å². The van der Waals surface area contributed by atoms with Gasteiger partial charge in [-0.25, -0.2) is 4.39 Å². The predicted molar refractivity (Wildman–Crippen MR) is 128 cm³/mol. The van der Waals surface area contributed by atoms with Crippen molar-refractivity contribution >= 4 is 34.7 Å². The molecule has 0 amide bonds. The first-order valence-corrected chi connectivity index (χ1v) is 11.6. The maximum absolute atomic E-state index is 15.6. The lowest BCUT2D eigenvalue weighted by atomic mass is 10.0. The van der Waals surface area contributed by atoms with Crippen molar-refractivity contribution in [1.29, 1.82) is 0 Å². The van der Waals surface area contributed by atoms with Gasteiger partial charge in [-0.2, -0.15) is 23.0 Å². The van der Waals surface area contributed by atoms with Crippen molar-refractivity contribution in [2.24, 2.45) is 0 Å². The van der Waals surface area contributed by atoms with E-state index in [1.54, 1.807) is 30.3 Å². The summed E-state index contributed by atoms with van der Waals surface area (Å²) < 4.78 is 60.7. The highest BCUT2D eigenvalue weighted by Gasteiger charge is 2.39. The van der Waals surface area contributed by atoms with Gasteiger partial charge in [0.05, 0.1) is 23.6 Å². The van der Waals surface area contributed by atoms with E-state index in [1.807, 2.05) is 0 Å². The minimum absolute atomic E-state index is 0.111. The Bertz CT molecular complexity index is 1390. The molecule has 2 aromatic heterocycles. The minimum atomic E-state index is -4.85. The highest BCUT2D eigenvalue weighted by atomic mass is 35.5. The van der Waals surface area contributed by atoms with Crippen molar-refractivity contribution in [3.63, 3.8) is 0 Å². The van der Waals surface area contributed by atoms with Crippen molar-refractivity contribution < 1.29 is 32.2 Å². The molecule has 6 nitrogen and oxygen atoms in total. The molecule has 0 saturated carbocycles. The number of carbonyl (C=O) groups excluding carboxylic acids is 1. The summed E-state index contributed by atoms with van der Waals surface area (Å²) in [4.78, 5) is 14.1. The average Bonchev–Trinajstić information content (AvgIpc) is 3.43. The van der Waals surface area contributed by atoms with Crippen molar-refractivity contribution in [2.45, 2.75) is 18.8 Å². The number of rotatable bonds is 7. The van der Waals surface area contributed by atoms with Crippen LogP contribution in [0.4, 0.5) is 23.4 Å². The number of halogens is 5. The first kappa shape index (κ1) is 25.7. The van der Waals surface area contributed by atoms with E-state index >= 15 is 4.39 Å². The lowest BCUT2D eigenvalue weighted by molar-refractivity contribution is -0.206. The van der Waals surface area contributed by atoms with Crippen LogP contribution in [0.5, 0.6) is 5.75 Å². The lowest BCUT2D eigenvalue weighted by Crippen LogP contribution is -2.20. The molecule has 1 atom stereocenters. The van der Waals surface area contributed by atoms with Crippen LogP contribution in [-0.2, 0) is 6.54 Å². The molecule has 36 heavy (non-hydrogen) atoms. The Balaban J connectivity index is 1.75. The highest BCUT2D eigenvalue weighted by molar-refractivity contribution is 7.16. The quantitative estimate of drug-likeness (QED) is 0.269. The Morgan fingerprint density at radius 1 is 1.17 bits per heavy atom. The average molecular weight is 540 g/mol. The molecule has 188 valence electrons. The van der Waals surface area contributed by atoms with Crippen LogP contribution in [0.2, 0.25) is 4.34 Å². The highest BCUT2D eigenvalue weighted by Crippen LogP contribution is 2.35. The number of alkyl halides is 3. The Morgan fingerprint density at radius 2 is 1.86 bits per heavy atom. The predicted octanol–water partition coefficient (Wildman–Crippen LogP) is 6.31. The molecule has 4 rings (SSSR count). The Labute approximate surface area is 211 Å². The zero-order valence-electron chi connectivity index (χ0n) is 18.5. The SMILES string of the molecule is COc1ccccc1C(=O)n1nc(-c2ccc(C(O)C(F)(F)F)cc2)c(F)c1NCc1ccc(Cl)s1. The molecular weight excluding hydrogens is 522 g/mol. The monoisotopic (exact) mass is 539 g/mol. The number of hydrogen-bond donors (Lipinski definition) is 2. The van der Waals surface area contributed by atoms with Crippen molar-refractivity contribution in [3.8, 4) is 17.0 Å². The summed E-state index contributed by atoms with van der Waals surface area (Å²) >= 11 is 7.23. The normalized spacial score (nSPS) is 12.4. The van der Waals surface area contributed by atoms with Gasteiger partial charge in [0.2, 0.25) is 0 Å². The van der Waals surface area contributed by atoms with Crippen LogP contribution in [-0.4, -0.2) is 34.1 Å². The van der Waals surface area contributed by atoms with E-state index in [9.17, 15) is 23.1 Å². The molecule has 0 aliphatic rings. The largest absolute Gasteiger partial charge is 0.496 e. The number of aliphatic hydroxyl groups excluding tert-OH is 1. The number of nitrogens with zero attached hydrogens (tertiary/aromatic N) is 2. The van der Waals surface area contributed by atoms with E-state index in [1.165, 1.54) is 36.6 Å². The fourth-order valence-electron chi connectivity index (χ4n) is 3.45. The smallest absolute Gasteiger partial charge is 0.418 e. The molecule has 0 radical (unpaired) electrons. The first-order chi connectivity index (χ1) is 17.1. The van der Waals surface area contributed by atoms with E-state index < -0.39 is 29.6 Å². The third-order valence-electron chi connectivity index (χ3n) is 5.23. The van der Waals surface area contributed by atoms with Gasteiger partial charge in [-0.15, -0.1) is 11.3 Å². The molecule has 1 unspecified atom stereocenters. The second kappa shape index (κ2) is 10.3.